The van der Waals surface area contributed by atoms with E-state index in [2.05, 4.69) is 10.1 Å². The van der Waals surface area contributed by atoms with Crippen molar-refractivity contribution >= 4 is 0 Å². The number of halogens is 1. The lowest BCUT2D eigenvalue weighted by atomic mass is 10.1. The Morgan fingerprint density at radius 3 is 3.06 bits per heavy atom. The van der Waals surface area contributed by atoms with Gasteiger partial charge in [0.25, 0.3) is 5.89 Å². The SMILES string of the molecule is Cc1ccc(F)cc1-c1nc(C2CCOC2)no1. The van der Waals surface area contributed by atoms with E-state index < -0.39 is 0 Å². The second-order valence-corrected chi connectivity index (χ2v) is 4.48. The Morgan fingerprint density at radius 1 is 1.39 bits per heavy atom. The Hall–Kier alpha value is -1.75. The van der Waals surface area contributed by atoms with Gasteiger partial charge in [0.05, 0.1) is 6.61 Å². The van der Waals surface area contributed by atoms with E-state index in [-0.39, 0.29) is 11.7 Å². The average Bonchev–Trinajstić information content (AvgIpc) is 3.00. The predicted octanol–water partition coefficient (Wildman–Crippen LogP) is 2.69. The zero-order chi connectivity index (χ0) is 12.5. The number of hydrogen-bond acceptors (Lipinski definition) is 4. The molecule has 1 aliphatic heterocycles. The second-order valence-electron chi connectivity index (χ2n) is 4.48. The molecule has 1 saturated heterocycles. The summed E-state index contributed by atoms with van der Waals surface area (Å²) in [5, 5.41) is 3.96. The maximum absolute atomic E-state index is 13.2. The summed E-state index contributed by atoms with van der Waals surface area (Å²) >= 11 is 0. The molecule has 1 fully saturated rings. The van der Waals surface area contributed by atoms with E-state index >= 15 is 0 Å². The molecule has 1 unspecified atom stereocenters. The number of rotatable bonds is 2. The first-order chi connectivity index (χ1) is 8.74. The zero-order valence-corrected chi connectivity index (χ0v) is 10.0. The predicted molar refractivity (Wildman–Crippen MR) is 62.6 cm³/mol. The average molecular weight is 248 g/mol. The smallest absolute Gasteiger partial charge is 0.258 e. The highest BCUT2D eigenvalue weighted by Crippen LogP contribution is 2.27. The van der Waals surface area contributed by atoms with Crippen molar-refractivity contribution < 1.29 is 13.7 Å². The summed E-state index contributed by atoms with van der Waals surface area (Å²) in [6.07, 6.45) is 0.904. The molecule has 1 aromatic carbocycles. The van der Waals surface area contributed by atoms with Crippen LogP contribution in [0.4, 0.5) is 4.39 Å². The van der Waals surface area contributed by atoms with Gasteiger partial charge in [-0.1, -0.05) is 11.2 Å². The molecule has 2 aromatic rings. The fourth-order valence-corrected chi connectivity index (χ4v) is 2.07. The van der Waals surface area contributed by atoms with Crippen molar-refractivity contribution in [2.24, 2.45) is 0 Å². The van der Waals surface area contributed by atoms with Gasteiger partial charge in [-0.2, -0.15) is 4.98 Å². The zero-order valence-electron chi connectivity index (χ0n) is 10.0. The molecule has 18 heavy (non-hydrogen) atoms. The van der Waals surface area contributed by atoms with Crippen molar-refractivity contribution in [3.8, 4) is 11.5 Å². The van der Waals surface area contributed by atoms with Crippen LogP contribution < -0.4 is 0 Å². The number of aromatic nitrogens is 2. The highest BCUT2D eigenvalue weighted by molar-refractivity contribution is 5.58. The minimum atomic E-state index is -0.306. The first-order valence-corrected chi connectivity index (χ1v) is 5.92. The maximum atomic E-state index is 13.2. The van der Waals surface area contributed by atoms with Crippen LogP contribution in [0.1, 0.15) is 23.7 Å². The van der Waals surface area contributed by atoms with E-state index in [0.717, 1.165) is 18.6 Å². The van der Waals surface area contributed by atoms with Crippen molar-refractivity contribution in [2.45, 2.75) is 19.3 Å². The van der Waals surface area contributed by atoms with Gasteiger partial charge in [0.2, 0.25) is 0 Å². The lowest BCUT2D eigenvalue weighted by molar-refractivity contribution is 0.192. The minimum Gasteiger partial charge on any atom is -0.381 e. The lowest BCUT2D eigenvalue weighted by Gasteiger charge is -2.00. The maximum Gasteiger partial charge on any atom is 0.258 e. The van der Waals surface area contributed by atoms with Crippen molar-refractivity contribution in [1.82, 2.24) is 10.1 Å². The fraction of sp³-hybridized carbons (Fsp3) is 0.385. The summed E-state index contributed by atoms with van der Waals surface area (Å²) in [5.41, 5.74) is 1.56. The van der Waals surface area contributed by atoms with Gasteiger partial charge in [0, 0.05) is 18.1 Å². The molecule has 0 aliphatic carbocycles. The van der Waals surface area contributed by atoms with Gasteiger partial charge in [0.15, 0.2) is 5.82 Å². The van der Waals surface area contributed by atoms with Crippen molar-refractivity contribution in [3.63, 3.8) is 0 Å². The Balaban J connectivity index is 1.94. The molecule has 1 atom stereocenters. The largest absolute Gasteiger partial charge is 0.381 e. The molecule has 0 saturated carbocycles. The summed E-state index contributed by atoms with van der Waals surface area (Å²) in [6, 6.07) is 4.53. The van der Waals surface area contributed by atoms with E-state index in [1.54, 1.807) is 6.07 Å². The standard InChI is InChI=1S/C13H13FN2O2/c1-8-2-3-10(14)6-11(8)13-15-12(16-18-13)9-4-5-17-7-9/h2-3,6,9H,4-5,7H2,1H3. The summed E-state index contributed by atoms with van der Waals surface area (Å²) in [5.74, 6) is 0.899. The van der Waals surface area contributed by atoms with E-state index in [1.807, 2.05) is 6.92 Å². The quantitative estimate of drug-likeness (QED) is 0.819. The van der Waals surface area contributed by atoms with Crippen LogP contribution in [0.5, 0.6) is 0 Å². The molecule has 4 nitrogen and oxygen atoms in total. The summed E-state index contributed by atoms with van der Waals surface area (Å²) in [4.78, 5) is 4.34. The molecule has 0 radical (unpaired) electrons. The van der Waals surface area contributed by atoms with Gasteiger partial charge in [-0.15, -0.1) is 0 Å². The molecule has 0 N–H and O–H groups in total. The van der Waals surface area contributed by atoms with E-state index in [9.17, 15) is 4.39 Å². The fourth-order valence-electron chi connectivity index (χ4n) is 2.07. The van der Waals surface area contributed by atoms with Crippen LogP contribution in [-0.4, -0.2) is 23.4 Å². The van der Waals surface area contributed by atoms with Crippen molar-refractivity contribution in [1.29, 1.82) is 0 Å². The second kappa shape index (κ2) is 4.49. The number of hydrogen-bond donors (Lipinski definition) is 0. The number of aryl methyl sites for hydroxylation is 1. The molecule has 0 bridgehead atoms. The molecule has 0 amide bonds. The highest BCUT2D eigenvalue weighted by Gasteiger charge is 2.23. The molecular formula is C13H13FN2O2. The molecular weight excluding hydrogens is 235 g/mol. The Labute approximate surface area is 104 Å². The van der Waals surface area contributed by atoms with Crippen molar-refractivity contribution in [2.75, 3.05) is 13.2 Å². The van der Waals surface area contributed by atoms with Crippen LogP contribution in [0.2, 0.25) is 0 Å². The topological polar surface area (TPSA) is 48.2 Å². The van der Waals surface area contributed by atoms with Crippen LogP contribution in [0.15, 0.2) is 22.7 Å². The number of ether oxygens (including phenoxy) is 1. The Bertz CT molecular complexity index is 562. The third-order valence-corrected chi connectivity index (χ3v) is 3.17. The van der Waals surface area contributed by atoms with Gasteiger partial charge in [-0.05, 0) is 31.0 Å². The van der Waals surface area contributed by atoms with Crippen molar-refractivity contribution in [3.05, 3.63) is 35.4 Å². The van der Waals surface area contributed by atoms with E-state index in [4.69, 9.17) is 9.26 Å². The van der Waals surface area contributed by atoms with Crippen LogP contribution in [0.25, 0.3) is 11.5 Å². The van der Waals surface area contributed by atoms with Gasteiger partial charge in [0.1, 0.15) is 5.82 Å². The normalized spacial score (nSPS) is 19.3. The summed E-state index contributed by atoms with van der Waals surface area (Å²) in [6.45, 7) is 3.24. The molecule has 3 rings (SSSR count). The monoisotopic (exact) mass is 248 g/mol. The van der Waals surface area contributed by atoms with Gasteiger partial charge < -0.3 is 9.26 Å². The van der Waals surface area contributed by atoms with E-state index in [0.29, 0.717) is 23.9 Å². The molecule has 0 spiro atoms. The van der Waals surface area contributed by atoms with Gasteiger partial charge >= 0.3 is 0 Å². The third-order valence-electron chi connectivity index (χ3n) is 3.17. The van der Waals surface area contributed by atoms with Crippen LogP contribution in [0.3, 0.4) is 0 Å². The number of nitrogens with zero attached hydrogens (tertiary/aromatic N) is 2. The van der Waals surface area contributed by atoms with E-state index in [1.165, 1.54) is 12.1 Å². The molecule has 1 aliphatic rings. The lowest BCUT2D eigenvalue weighted by Crippen LogP contribution is -1.99. The summed E-state index contributed by atoms with van der Waals surface area (Å²) < 4.78 is 23.7. The van der Waals surface area contributed by atoms with Crippen LogP contribution in [-0.2, 0) is 4.74 Å². The number of benzene rings is 1. The Morgan fingerprint density at radius 2 is 2.28 bits per heavy atom. The first kappa shape index (κ1) is 11.3. The molecule has 1 aromatic heterocycles. The molecule has 2 heterocycles. The minimum absolute atomic E-state index is 0.191. The van der Waals surface area contributed by atoms with Crippen LogP contribution >= 0.6 is 0 Å². The third kappa shape index (κ3) is 2.01. The highest BCUT2D eigenvalue weighted by atomic mass is 19.1. The van der Waals surface area contributed by atoms with Crippen LogP contribution in [0, 0.1) is 12.7 Å². The molecule has 5 heteroatoms. The first-order valence-electron chi connectivity index (χ1n) is 5.92. The summed E-state index contributed by atoms with van der Waals surface area (Å²) in [7, 11) is 0. The van der Waals surface area contributed by atoms with Gasteiger partial charge in [-0.25, -0.2) is 4.39 Å². The van der Waals surface area contributed by atoms with Gasteiger partial charge in [-0.3, -0.25) is 0 Å². The Kier molecular flexibility index (Phi) is 2.83. The molecule has 94 valence electrons.